The van der Waals surface area contributed by atoms with Gasteiger partial charge in [0.25, 0.3) is 5.69 Å². The molecular formula is C12H15N3O4. The Bertz CT molecular complexity index is 498. The topological polar surface area (TPSA) is 84.7 Å². The van der Waals surface area contributed by atoms with Gasteiger partial charge in [-0.3, -0.25) is 14.9 Å². The smallest absolute Gasteiger partial charge is 0.292 e. The lowest BCUT2D eigenvalue weighted by Gasteiger charge is -2.28. The van der Waals surface area contributed by atoms with Crippen LogP contribution in [0.15, 0.2) is 18.2 Å². The fourth-order valence-electron chi connectivity index (χ4n) is 2.02. The number of amides is 1. The van der Waals surface area contributed by atoms with Crippen LogP contribution >= 0.6 is 0 Å². The summed E-state index contributed by atoms with van der Waals surface area (Å²) in [6, 6.07) is 4.57. The quantitative estimate of drug-likeness (QED) is 0.659. The van der Waals surface area contributed by atoms with Gasteiger partial charge < -0.3 is 15.0 Å². The van der Waals surface area contributed by atoms with Gasteiger partial charge in [-0.05, 0) is 12.1 Å². The fourth-order valence-corrected chi connectivity index (χ4v) is 2.02. The number of hydrogen-bond donors (Lipinski definition) is 1. The van der Waals surface area contributed by atoms with Crippen LogP contribution in [0, 0.1) is 10.1 Å². The average molecular weight is 265 g/mol. The predicted octanol–water partition coefficient (Wildman–Crippen LogP) is 1.39. The molecule has 0 aromatic heterocycles. The van der Waals surface area contributed by atoms with Crippen LogP contribution in [0.1, 0.15) is 6.92 Å². The van der Waals surface area contributed by atoms with Gasteiger partial charge in [0.1, 0.15) is 5.69 Å². The van der Waals surface area contributed by atoms with Crippen LogP contribution in [-0.4, -0.2) is 37.1 Å². The number of hydrogen-bond acceptors (Lipinski definition) is 5. The lowest BCUT2D eigenvalue weighted by atomic mass is 10.2. The molecule has 1 aromatic carbocycles. The Morgan fingerprint density at radius 3 is 2.68 bits per heavy atom. The summed E-state index contributed by atoms with van der Waals surface area (Å²) in [5.41, 5.74) is 1.11. The van der Waals surface area contributed by atoms with Gasteiger partial charge in [-0.2, -0.15) is 0 Å². The van der Waals surface area contributed by atoms with E-state index >= 15 is 0 Å². The van der Waals surface area contributed by atoms with Crippen molar-refractivity contribution in [2.24, 2.45) is 0 Å². The Morgan fingerprint density at radius 1 is 1.42 bits per heavy atom. The van der Waals surface area contributed by atoms with Crippen molar-refractivity contribution in [3.05, 3.63) is 28.3 Å². The highest BCUT2D eigenvalue weighted by Gasteiger charge is 2.21. The van der Waals surface area contributed by atoms with Gasteiger partial charge in [0.15, 0.2) is 0 Å². The van der Waals surface area contributed by atoms with Crippen molar-refractivity contribution in [3.8, 4) is 0 Å². The molecule has 0 radical (unpaired) electrons. The van der Waals surface area contributed by atoms with Crippen molar-refractivity contribution in [2.75, 3.05) is 36.5 Å². The summed E-state index contributed by atoms with van der Waals surface area (Å²) in [5.74, 6) is -0.207. The second-order valence-electron chi connectivity index (χ2n) is 4.24. The number of anilines is 2. The highest BCUT2D eigenvalue weighted by atomic mass is 16.6. The zero-order chi connectivity index (χ0) is 13.8. The molecule has 1 aliphatic rings. The minimum absolute atomic E-state index is 0.0380. The van der Waals surface area contributed by atoms with Gasteiger partial charge in [-0.25, -0.2) is 0 Å². The van der Waals surface area contributed by atoms with Crippen LogP contribution in [0.3, 0.4) is 0 Å². The minimum atomic E-state index is -0.414. The first-order valence-corrected chi connectivity index (χ1v) is 5.96. The largest absolute Gasteiger partial charge is 0.378 e. The Kier molecular flexibility index (Phi) is 3.96. The molecule has 0 spiro atoms. The first kappa shape index (κ1) is 13.3. The third-order valence-corrected chi connectivity index (χ3v) is 2.84. The van der Waals surface area contributed by atoms with Gasteiger partial charge in [0.05, 0.1) is 18.1 Å². The Hall–Kier alpha value is -2.15. The predicted molar refractivity (Wildman–Crippen MR) is 70.4 cm³/mol. The van der Waals surface area contributed by atoms with E-state index in [0.717, 1.165) is 0 Å². The summed E-state index contributed by atoms with van der Waals surface area (Å²) in [5, 5.41) is 13.7. The molecule has 2 rings (SSSR count). The van der Waals surface area contributed by atoms with Crippen LogP contribution < -0.4 is 10.2 Å². The van der Waals surface area contributed by atoms with E-state index in [1.54, 1.807) is 6.07 Å². The van der Waals surface area contributed by atoms with Gasteiger partial charge in [0.2, 0.25) is 5.91 Å². The molecular weight excluding hydrogens is 250 g/mol. The number of benzene rings is 1. The van der Waals surface area contributed by atoms with E-state index in [1.165, 1.54) is 19.1 Å². The van der Waals surface area contributed by atoms with Crippen LogP contribution in [0.5, 0.6) is 0 Å². The summed E-state index contributed by atoms with van der Waals surface area (Å²) >= 11 is 0. The molecule has 1 saturated heterocycles. The molecule has 1 amide bonds. The molecule has 0 aliphatic carbocycles. The Morgan fingerprint density at radius 2 is 2.11 bits per heavy atom. The molecule has 0 bridgehead atoms. The lowest BCUT2D eigenvalue weighted by Crippen LogP contribution is -2.36. The molecule has 0 saturated carbocycles. The van der Waals surface area contributed by atoms with Crippen LogP contribution in [0.25, 0.3) is 0 Å². The van der Waals surface area contributed by atoms with Crippen LogP contribution in [0.4, 0.5) is 17.1 Å². The van der Waals surface area contributed by atoms with E-state index < -0.39 is 4.92 Å². The first-order chi connectivity index (χ1) is 9.08. The lowest BCUT2D eigenvalue weighted by molar-refractivity contribution is -0.384. The molecule has 19 heavy (non-hydrogen) atoms. The average Bonchev–Trinajstić information content (AvgIpc) is 2.38. The van der Waals surface area contributed by atoms with E-state index in [1.807, 2.05) is 4.90 Å². The summed E-state index contributed by atoms with van der Waals surface area (Å²) in [6.45, 7) is 3.69. The van der Waals surface area contributed by atoms with E-state index in [2.05, 4.69) is 5.32 Å². The second kappa shape index (κ2) is 5.66. The molecule has 1 heterocycles. The number of carbonyl (C=O) groups is 1. The Labute approximate surface area is 110 Å². The van der Waals surface area contributed by atoms with Crippen molar-refractivity contribution in [1.82, 2.24) is 0 Å². The van der Waals surface area contributed by atoms with Crippen LogP contribution in [0.2, 0.25) is 0 Å². The number of nitro benzene ring substituents is 1. The molecule has 1 aromatic rings. The monoisotopic (exact) mass is 265 g/mol. The number of nitrogens with one attached hydrogen (secondary N) is 1. The standard InChI is InChI=1S/C12H15N3O4/c1-9(16)13-10-2-3-11(15(17)18)12(8-10)14-4-6-19-7-5-14/h2-3,8H,4-7H2,1H3,(H,13,16). The minimum Gasteiger partial charge on any atom is -0.378 e. The van der Waals surface area contributed by atoms with E-state index in [0.29, 0.717) is 37.7 Å². The van der Waals surface area contributed by atoms with Crippen molar-refractivity contribution in [3.63, 3.8) is 0 Å². The van der Waals surface area contributed by atoms with Crippen LogP contribution in [-0.2, 0) is 9.53 Å². The zero-order valence-corrected chi connectivity index (χ0v) is 10.6. The van der Waals surface area contributed by atoms with Gasteiger partial charge >= 0.3 is 0 Å². The molecule has 1 N–H and O–H groups in total. The normalized spacial score (nSPS) is 15.1. The number of morpholine rings is 1. The van der Waals surface area contributed by atoms with E-state index in [-0.39, 0.29) is 11.6 Å². The Balaban J connectivity index is 2.34. The molecule has 1 aliphatic heterocycles. The van der Waals surface area contributed by atoms with Crippen molar-refractivity contribution < 1.29 is 14.5 Å². The van der Waals surface area contributed by atoms with Gasteiger partial charge in [0, 0.05) is 31.8 Å². The molecule has 102 valence electrons. The summed E-state index contributed by atoms with van der Waals surface area (Å²) in [6.07, 6.45) is 0. The number of nitro groups is 1. The summed E-state index contributed by atoms with van der Waals surface area (Å²) in [4.78, 5) is 23.6. The third-order valence-electron chi connectivity index (χ3n) is 2.84. The number of carbonyl (C=O) groups excluding carboxylic acids is 1. The highest BCUT2D eigenvalue weighted by Crippen LogP contribution is 2.31. The maximum atomic E-state index is 11.1. The fraction of sp³-hybridized carbons (Fsp3) is 0.417. The van der Waals surface area contributed by atoms with E-state index in [4.69, 9.17) is 4.74 Å². The first-order valence-electron chi connectivity index (χ1n) is 5.96. The third kappa shape index (κ3) is 3.19. The van der Waals surface area contributed by atoms with Gasteiger partial charge in [-0.1, -0.05) is 0 Å². The maximum Gasteiger partial charge on any atom is 0.292 e. The SMILES string of the molecule is CC(=O)Nc1ccc([N+](=O)[O-])c(N2CCOCC2)c1. The van der Waals surface area contributed by atoms with Crippen molar-refractivity contribution >= 4 is 23.0 Å². The second-order valence-corrected chi connectivity index (χ2v) is 4.24. The molecule has 0 unspecified atom stereocenters. The summed E-state index contributed by atoms with van der Waals surface area (Å²) < 4.78 is 5.24. The summed E-state index contributed by atoms with van der Waals surface area (Å²) in [7, 11) is 0. The van der Waals surface area contributed by atoms with Gasteiger partial charge in [-0.15, -0.1) is 0 Å². The number of nitrogens with zero attached hydrogens (tertiary/aromatic N) is 2. The molecule has 1 fully saturated rings. The molecule has 7 nitrogen and oxygen atoms in total. The molecule has 0 atom stereocenters. The van der Waals surface area contributed by atoms with E-state index in [9.17, 15) is 14.9 Å². The van der Waals surface area contributed by atoms with Crippen molar-refractivity contribution in [1.29, 1.82) is 0 Å². The maximum absolute atomic E-state index is 11.1. The molecule has 7 heteroatoms. The zero-order valence-electron chi connectivity index (χ0n) is 10.6. The number of rotatable bonds is 3. The number of ether oxygens (including phenoxy) is 1. The van der Waals surface area contributed by atoms with Crippen molar-refractivity contribution in [2.45, 2.75) is 6.92 Å². The highest BCUT2D eigenvalue weighted by molar-refractivity contribution is 5.90.